The van der Waals surface area contributed by atoms with Crippen LogP contribution in [0.15, 0.2) is 65.7 Å². The Morgan fingerprint density at radius 2 is 1.81 bits per heavy atom. The average Bonchev–Trinajstić information content (AvgIpc) is 2.63. The Morgan fingerprint density at radius 3 is 2.63 bits per heavy atom. The SMILES string of the molecule is C[n+]1cccc(-c2ccc3c(c2)[nH]c(=O)c[n+]3C)c1-c1cc(Cl)ccc1F. The van der Waals surface area contributed by atoms with Gasteiger partial charge in [0.1, 0.15) is 25.4 Å². The van der Waals surface area contributed by atoms with E-state index in [0.717, 1.165) is 16.6 Å². The molecule has 0 bridgehead atoms. The van der Waals surface area contributed by atoms with E-state index in [1.165, 1.54) is 18.3 Å². The molecule has 1 N–H and O–H groups in total. The summed E-state index contributed by atoms with van der Waals surface area (Å²) in [5, 5.41) is 0.469. The van der Waals surface area contributed by atoms with Gasteiger partial charge in [0.2, 0.25) is 17.4 Å². The van der Waals surface area contributed by atoms with Crippen molar-refractivity contribution in [1.29, 1.82) is 0 Å². The molecule has 2 heterocycles. The molecule has 0 saturated heterocycles. The first-order valence-corrected chi connectivity index (χ1v) is 8.79. The van der Waals surface area contributed by atoms with Crippen molar-refractivity contribution in [3.8, 4) is 22.4 Å². The zero-order chi connectivity index (χ0) is 19.1. The quantitative estimate of drug-likeness (QED) is 0.532. The van der Waals surface area contributed by atoms with Crippen LogP contribution in [0.2, 0.25) is 5.02 Å². The summed E-state index contributed by atoms with van der Waals surface area (Å²) in [5.41, 5.74) is 4.28. The van der Waals surface area contributed by atoms with E-state index in [0.29, 0.717) is 21.8 Å². The molecule has 0 saturated carbocycles. The van der Waals surface area contributed by atoms with Crippen LogP contribution in [0.4, 0.5) is 4.39 Å². The first-order chi connectivity index (χ1) is 12.9. The predicted molar refractivity (Wildman–Crippen MR) is 103 cm³/mol. The molecule has 0 aliphatic heterocycles. The number of fused-ring (bicyclic) bond motifs is 1. The van der Waals surface area contributed by atoms with Gasteiger partial charge in [0.15, 0.2) is 6.20 Å². The van der Waals surface area contributed by atoms with E-state index in [1.807, 2.05) is 55.2 Å². The number of aromatic amines is 1. The highest BCUT2D eigenvalue weighted by Crippen LogP contribution is 2.32. The molecule has 4 nitrogen and oxygen atoms in total. The number of nitrogens with zero attached hydrogens (tertiary/aromatic N) is 2. The summed E-state index contributed by atoms with van der Waals surface area (Å²) in [5.74, 6) is -0.344. The second kappa shape index (κ2) is 6.59. The topological polar surface area (TPSA) is 40.6 Å². The van der Waals surface area contributed by atoms with E-state index in [-0.39, 0.29) is 11.4 Å². The molecule has 4 aromatic rings. The van der Waals surface area contributed by atoms with Crippen LogP contribution in [0.3, 0.4) is 0 Å². The van der Waals surface area contributed by atoms with Gasteiger partial charge in [-0.25, -0.2) is 8.96 Å². The smallest absolute Gasteiger partial charge is 0.312 e. The summed E-state index contributed by atoms with van der Waals surface area (Å²) in [7, 11) is 3.69. The minimum atomic E-state index is -0.344. The number of aromatic nitrogens is 3. The van der Waals surface area contributed by atoms with Crippen molar-refractivity contribution in [2.45, 2.75) is 0 Å². The van der Waals surface area contributed by atoms with Crippen molar-refractivity contribution >= 4 is 22.6 Å². The van der Waals surface area contributed by atoms with Gasteiger partial charge in [0.05, 0.1) is 11.1 Å². The van der Waals surface area contributed by atoms with Gasteiger partial charge >= 0.3 is 5.56 Å². The summed E-state index contributed by atoms with van der Waals surface area (Å²) in [6.07, 6.45) is 3.36. The minimum Gasteiger partial charge on any atom is -0.312 e. The largest absolute Gasteiger partial charge is 0.312 e. The Morgan fingerprint density at radius 1 is 1.00 bits per heavy atom. The Labute approximate surface area is 160 Å². The number of halogens is 2. The number of benzene rings is 2. The average molecular weight is 382 g/mol. The highest BCUT2D eigenvalue weighted by molar-refractivity contribution is 6.30. The summed E-state index contributed by atoms with van der Waals surface area (Å²) in [4.78, 5) is 14.7. The van der Waals surface area contributed by atoms with Crippen LogP contribution in [0.5, 0.6) is 0 Å². The fraction of sp³-hybridized carbons (Fsp3) is 0.0952. The molecule has 0 fully saturated rings. The third kappa shape index (κ3) is 3.11. The first kappa shape index (κ1) is 17.4. The molecule has 0 radical (unpaired) electrons. The molecule has 2 aromatic heterocycles. The van der Waals surface area contributed by atoms with E-state index in [9.17, 15) is 9.18 Å². The standard InChI is InChI=1S/C21H16ClFN3O/c1-25-9-3-4-15(21(25)16-11-14(22)6-7-17(16)23)13-5-8-19-18(10-13)24-20(27)12-26(19)2/h3-12H,1-2H3/q+1/p+1. The number of hydrogen-bond acceptors (Lipinski definition) is 1. The van der Waals surface area contributed by atoms with Crippen molar-refractivity contribution < 1.29 is 13.5 Å². The van der Waals surface area contributed by atoms with Crippen molar-refractivity contribution in [2.75, 3.05) is 0 Å². The molecule has 27 heavy (non-hydrogen) atoms. The third-order valence-electron chi connectivity index (χ3n) is 4.62. The van der Waals surface area contributed by atoms with Gasteiger partial charge in [0.25, 0.3) is 0 Å². The Bertz CT molecular complexity index is 1250. The monoisotopic (exact) mass is 381 g/mol. The van der Waals surface area contributed by atoms with Gasteiger partial charge in [-0.3, -0.25) is 4.79 Å². The zero-order valence-electron chi connectivity index (χ0n) is 14.8. The molecule has 0 aliphatic carbocycles. The van der Waals surface area contributed by atoms with Crippen LogP contribution in [0, 0.1) is 5.82 Å². The fourth-order valence-corrected chi connectivity index (χ4v) is 3.55. The fourth-order valence-electron chi connectivity index (χ4n) is 3.38. The minimum absolute atomic E-state index is 0.179. The number of nitrogens with one attached hydrogen (secondary N) is 1. The van der Waals surface area contributed by atoms with Crippen LogP contribution >= 0.6 is 11.6 Å². The van der Waals surface area contributed by atoms with Gasteiger partial charge < -0.3 is 4.98 Å². The summed E-state index contributed by atoms with van der Waals surface area (Å²) in [6.45, 7) is 0. The maximum absolute atomic E-state index is 14.6. The van der Waals surface area contributed by atoms with E-state index in [2.05, 4.69) is 4.98 Å². The van der Waals surface area contributed by atoms with Crippen LogP contribution in [-0.4, -0.2) is 4.98 Å². The van der Waals surface area contributed by atoms with E-state index >= 15 is 0 Å². The molecule has 0 aliphatic rings. The van der Waals surface area contributed by atoms with Crippen molar-refractivity contribution in [2.24, 2.45) is 14.1 Å². The molecule has 0 atom stereocenters. The maximum Gasteiger partial charge on any atom is 0.312 e. The molecule has 134 valence electrons. The molecule has 2 aromatic carbocycles. The first-order valence-electron chi connectivity index (χ1n) is 8.41. The number of H-pyrrole nitrogens is 1. The number of hydrogen-bond donors (Lipinski definition) is 1. The Hall–Kier alpha value is -3.05. The molecule has 0 unspecified atom stereocenters. The molecular formula is C21H17ClFN3O+2. The lowest BCUT2D eigenvalue weighted by molar-refractivity contribution is -0.660. The summed E-state index contributed by atoms with van der Waals surface area (Å²) < 4.78 is 18.2. The third-order valence-corrected chi connectivity index (χ3v) is 4.86. The van der Waals surface area contributed by atoms with E-state index in [4.69, 9.17) is 11.6 Å². The molecular weight excluding hydrogens is 365 g/mol. The van der Waals surface area contributed by atoms with Gasteiger partial charge in [-0.2, -0.15) is 4.57 Å². The molecule has 4 rings (SSSR count). The summed E-state index contributed by atoms with van der Waals surface area (Å²) in [6, 6.07) is 14.2. The Balaban J connectivity index is 2.01. The zero-order valence-corrected chi connectivity index (χ0v) is 15.6. The Kier molecular flexibility index (Phi) is 4.24. The number of pyridine rings is 1. The van der Waals surface area contributed by atoms with Crippen LogP contribution in [0.1, 0.15) is 0 Å². The van der Waals surface area contributed by atoms with Gasteiger partial charge in [-0.15, -0.1) is 0 Å². The highest BCUT2D eigenvalue weighted by Gasteiger charge is 2.22. The number of rotatable bonds is 2. The molecule has 0 amide bonds. The lowest BCUT2D eigenvalue weighted by Crippen LogP contribution is -2.34. The van der Waals surface area contributed by atoms with Crippen molar-refractivity contribution in [3.63, 3.8) is 0 Å². The van der Waals surface area contributed by atoms with Crippen molar-refractivity contribution in [3.05, 3.63) is 82.1 Å². The van der Waals surface area contributed by atoms with E-state index < -0.39 is 0 Å². The normalized spacial score (nSPS) is 11.1. The maximum atomic E-state index is 14.6. The molecule has 0 spiro atoms. The van der Waals surface area contributed by atoms with Gasteiger partial charge in [-0.05, 0) is 42.0 Å². The van der Waals surface area contributed by atoms with Crippen molar-refractivity contribution in [1.82, 2.24) is 4.98 Å². The van der Waals surface area contributed by atoms with Crippen LogP contribution < -0.4 is 14.7 Å². The van der Waals surface area contributed by atoms with Crippen LogP contribution in [-0.2, 0) is 14.1 Å². The second-order valence-corrected chi connectivity index (χ2v) is 6.90. The number of aryl methyl sites for hydroxylation is 2. The summed E-state index contributed by atoms with van der Waals surface area (Å²) >= 11 is 6.11. The lowest BCUT2D eigenvalue weighted by atomic mass is 9.98. The van der Waals surface area contributed by atoms with Gasteiger partial charge in [0, 0.05) is 17.2 Å². The van der Waals surface area contributed by atoms with Crippen LogP contribution in [0.25, 0.3) is 33.4 Å². The molecule has 6 heteroatoms. The second-order valence-electron chi connectivity index (χ2n) is 6.47. The lowest BCUT2D eigenvalue weighted by Gasteiger charge is -2.09. The highest BCUT2D eigenvalue weighted by atomic mass is 35.5. The predicted octanol–water partition coefficient (Wildman–Crippen LogP) is 3.30. The van der Waals surface area contributed by atoms with Gasteiger partial charge in [-0.1, -0.05) is 11.6 Å². The van der Waals surface area contributed by atoms with E-state index in [1.54, 1.807) is 10.6 Å².